The number of carbonyl (C=O) groups is 3. The van der Waals surface area contributed by atoms with Gasteiger partial charge in [-0.25, -0.2) is 4.79 Å². The van der Waals surface area contributed by atoms with Gasteiger partial charge in [0.15, 0.2) is 5.60 Å². The van der Waals surface area contributed by atoms with Crippen molar-refractivity contribution in [3.8, 4) is 0 Å². The van der Waals surface area contributed by atoms with E-state index in [0.29, 0.717) is 18.1 Å². The van der Waals surface area contributed by atoms with Crippen molar-refractivity contribution in [2.75, 3.05) is 40.8 Å². The third-order valence-corrected chi connectivity index (χ3v) is 10.7. The maximum absolute atomic E-state index is 10.3. The Morgan fingerprint density at radius 1 is 0.564 bits per heavy atom. The molecule has 6 heterocycles. The van der Waals surface area contributed by atoms with Gasteiger partial charge in [-0.3, -0.25) is 39.2 Å². The van der Waals surface area contributed by atoms with E-state index in [1.807, 2.05) is 0 Å². The summed E-state index contributed by atoms with van der Waals surface area (Å²) < 4.78 is 0. The number of likely N-dealkylation sites (tertiary alicyclic amines) is 3. The first-order valence-corrected chi connectivity index (χ1v) is 19.2. The molecule has 0 saturated carbocycles. The lowest BCUT2D eigenvalue weighted by Gasteiger charge is -2.21. The topological polar surface area (TPSA) is 181 Å². The number of pyridine rings is 3. The molecular formula is C42H62N6O7. The fraction of sp³-hybridized carbons (Fsp3) is 0.571. The van der Waals surface area contributed by atoms with Gasteiger partial charge in [-0.1, -0.05) is 18.2 Å². The quantitative estimate of drug-likeness (QED) is 0.206. The van der Waals surface area contributed by atoms with Crippen LogP contribution in [0.2, 0.25) is 0 Å². The van der Waals surface area contributed by atoms with Crippen molar-refractivity contribution >= 4 is 17.9 Å². The minimum Gasteiger partial charge on any atom is -0.481 e. The van der Waals surface area contributed by atoms with Crippen molar-refractivity contribution in [3.05, 3.63) is 87.3 Å². The number of carboxylic acids is 3. The van der Waals surface area contributed by atoms with E-state index in [1.165, 1.54) is 91.9 Å². The van der Waals surface area contributed by atoms with Crippen molar-refractivity contribution in [3.63, 3.8) is 0 Å². The summed E-state index contributed by atoms with van der Waals surface area (Å²) in [6.45, 7) is 16.2. The zero-order chi connectivity index (χ0) is 41.0. The molecule has 55 heavy (non-hydrogen) atoms. The highest BCUT2D eigenvalue weighted by molar-refractivity contribution is 5.88. The van der Waals surface area contributed by atoms with Crippen LogP contribution in [-0.4, -0.2) is 114 Å². The van der Waals surface area contributed by atoms with Gasteiger partial charge in [0.1, 0.15) is 0 Å². The van der Waals surface area contributed by atoms with Gasteiger partial charge < -0.3 is 20.4 Å². The summed E-state index contributed by atoms with van der Waals surface area (Å²) in [5.74, 6) is -5.02. The average Bonchev–Trinajstić information content (AvgIpc) is 3.83. The second-order valence-corrected chi connectivity index (χ2v) is 15.3. The van der Waals surface area contributed by atoms with Gasteiger partial charge in [0.25, 0.3) is 0 Å². The first-order valence-electron chi connectivity index (χ1n) is 19.2. The smallest absolute Gasteiger partial charge is 0.336 e. The molecule has 3 saturated heterocycles. The second kappa shape index (κ2) is 20.6. The number of aryl methyl sites for hydroxylation is 6. The maximum Gasteiger partial charge on any atom is 0.336 e. The summed E-state index contributed by atoms with van der Waals surface area (Å²) in [6, 6.07) is 14.9. The number of aliphatic carboxylic acids is 3. The summed E-state index contributed by atoms with van der Waals surface area (Å²) in [7, 11) is 6.62. The lowest BCUT2D eigenvalue weighted by molar-refractivity contribution is -0.170. The molecule has 0 unspecified atom stereocenters. The fourth-order valence-corrected chi connectivity index (χ4v) is 7.77. The molecule has 3 aliphatic heterocycles. The first-order chi connectivity index (χ1) is 25.8. The highest BCUT2D eigenvalue weighted by atomic mass is 16.4. The van der Waals surface area contributed by atoms with Gasteiger partial charge in [-0.2, -0.15) is 0 Å². The number of hydrogen-bond donors (Lipinski definition) is 4. The Bertz CT molecular complexity index is 1590. The number of rotatable bonds is 8. The van der Waals surface area contributed by atoms with Crippen molar-refractivity contribution in [1.82, 2.24) is 29.7 Å². The number of aliphatic hydroxyl groups is 1. The molecule has 0 bridgehead atoms. The van der Waals surface area contributed by atoms with E-state index in [0.717, 1.165) is 17.1 Å². The van der Waals surface area contributed by atoms with Gasteiger partial charge in [0.2, 0.25) is 0 Å². The van der Waals surface area contributed by atoms with E-state index in [4.69, 9.17) is 20.4 Å². The Kier molecular flexibility index (Phi) is 16.9. The van der Waals surface area contributed by atoms with Crippen LogP contribution >= 0.6 is 0 Å². The lowest BCUT2D eigenvalue weighted by atomic mass is 9.96. The predicted octanol–water partition coefficient (Wildman–Crippen LogP) is 6.15. The van der Waals surface area contributed by atoms with E-state index < -0.39 is 36.4 Å². The number of aromatic nitrogens is 3. The van der Waals surface area contributed by atoms with Crippen LogP contribution in [0.15, 0.2) is 36.4 Å². The van der Waals surface area contributed by atoms with E-state index in [2.05, 4.69) is 129 Å². The molecule has 0 aromatic carbocycles. The molecule has 4 N–H and O–H groups in total. The zero-order valence-electron chi connectivity index (χ0n) is 34.2. The Morgan fingerprint density at radius 3 is 1.02 bits per heavy atom. The molecule has 3 fully saturated rings. The van der Waals surface area contributed by atoms with E-state index in [1.54, 1.807) is 0 Å². The monoisotopic (exact) mass is 762 g/mol. The Labute approximate surface area is 326 Å². The zero-order valence-corrected chi connectivity index (χ0v) is 34.2. The second-order valence-electron chi connectivity index (χ2n) is 15.3. The van der Waals surface area contributed by atoms with Crippen LogP contribution in [0, 0.1) is 41.5 Å². The summed E-state index contributed by atoms with van der Waals surface area (Å²) in [4.78, 5) is 51.4. The largest absolute Gasteiger partial charge is 0.481 e. The third-order valence-electron chi connectivity index (χ3n) is 10.7. The van der Waals surface area contributed by atoms with Crippen LogP contribution in [0.4, 0.5) is 0 Å². The molecule has 0 radical (unpaired) electrons. The van der Waals surface area contributed by atoms with Gasteiger partial charge >= 0.3 is 17.9 Å². The van der Waals surface area contributed by atoms with Crippen LogP contribution in [0.3, 0.4) is 0 Å². The maximum atomic E-state index is 10.3. The molecular weight excluding hydrogens is 700 g/mol. The predicted molar refractivity (Wildman–Crippen MR) is 212 cm³/mol. The summed E-state index contributed by atoms with van der Waals surface area (Å²) >= 11 is 0. The van der Waals surface area contributed by atoms with Crippen molar-refractivity contribution in [2.45, 2.75) is 117 Å². The minimum atomic E-state index is -2.74. The molecule has 0 spiro atoms. The van der Waals surface area contributed by atoms with Gasteiger partial charge in [0.05, 0.1) is 12.8 Å². The highest BCUT2D eigenvalue weighted by Crippen LogP contribution is 2.33. The average molecular weight is 763 g/mol. The van der Waals surface area contributed by atoms with Crippen molar-refractivity contribution < 1.29 is 34.8 Å². The molecule has 13 heteroatoms. The van der Waals surface area contributed by atoms with Crippen LogP contribution in [0.1, 0.15) is 120 Å². The molecule has 13 nitrogen and oxygen atoms in total. The van der Waals surface area contributed by atoms with Crippen LogP contribution in [-0.2, 0) is 14.4 Å². The Hall–Kier alpha value is -4.30. The SMILES string of the molecule is Cc1ccc([C@@H]2CCCN2C)c(C)n1.Cc1ccc([C@@H]2CCCN2C)c(C)n1.Cc1ccc([C@@H]2CCCN2C)c(C)n1.O=C(O)CC(O)(CC(=O)O)C(=O)O. The summed E-state index contributed by atoms with van der Waals surface area (Å²) in [5.41, 5.74) is 8.45. The normalized spacial score (nSPS) is 20.1. The van der Waals surface area contributed by atoms with Crippen molar-refractivity contribution in [1.29, 1.82) is 0 Å². The van der Waals surface area contributed by atoms with Crippen LogP contribution in [0.25, 0.3) is 0 Å². The molecule has 3 aromatic heterocycles. The van der Waals surface area contributed by atoms with Crippen molar-refractivity contribution in [2.24, 2.45) is 0 Å². The molecule has 3 aliphatic rings. The van der Waals surface area contributed by atoms with E-state index >= 15 is 0 Å². The van der Waals surface area contributed by atoms with Gasteiger partial charge in [-0.05, 0) is 156 Å². The molecule has 3 atom stereocenters. The number of hydrogen-bond acceptors (Lipinski definition) is 10. The molecule has 0 amide bonds. The lowest BCUT2D eigenvalue weighted by Crippen LogP contribution is -2.42. The third kappa shape index (κ3) is 13.2. The summed E-state index contributed by atoms with van der Waals surface area (Å²) in [6.07, 6.45) is 5.49. The first kappa shape index (κ1) is 45.1. The van der Waals surface area contributed by atoms with E-state index in [9.17, 15) is 14.4 Å². The fourth-order valence-electron chi connectivity index (χ4n) is 7.77. The van der Waals surface area contributed by atoms with Gasteiger partial charge in [0, 0.05) is 52.3 Å². The Balaban J connectivity index is 0.000000197. The molecule has 6 rings (SSSR count). The van der Waals surface area contributed by atoms with Crippen LogP contribution < -0.4 is 0 Å². The van der Waals surface area contributed by atoms with Crippen LogP contribution in [0.5, 0.6) is 0 Å². The molecule has 3 aromatic rings. The molecule has 302 valence electrons. The number of carboxylic acid groups (broad SMARTS) is 3. The number of nitrogens with zero attached hydrogens (tertiary/aromatic N) is 6. The standard InChI is InChI=1S/3C12H18N2.C6H8O7/c3*1-9-6-7-11(10(2)13-9)12-5-4-8-14(12)3;7-3(8)1-6(13,5(11)12)2-4(9)10/h3*6-7,12H,4-5,8H2,1-3H3;13H,1-2H2,(H,7,8)(H,9,10)(H,11,12)/t3*12-;/m000./s1. The minimum absolute atomic E-state index is 0.600. The van der Waals surface area contributed by atoms with E-state index in [-0.39, 0.29) is 0 Å². The highest BCUT2D eigenvalue weighted by Gasteiger charge is 2.40. The van der Waals surface area contributed by atoms with Gasteiger partial charge in [-0.15, -0.1) is 0 Å². The Morgan fingerprint density at radius 2 is 0.836 bits per heavy atom. The molecule has 0 aliphatic carbocycles. The summed E-state index contributed by atoms with van der Waals surface area (Å²) in [5, 5.41) is 33.8.